The third-order valence-corrected chi connectivity index (χ3v) is 3.42. The molecule has 0 amide bonds. The highest BCUT2D eigenvalue weighted by Crippen LogP contribution is 2.13. The van der Waals surface area contributed by atoms with Gasteiger partial charge in [0.2, 0.25) is 0 Å². The molecule has 4 heteroatoms. The summed E-state index contributed by atoms with van der Waals surface area (Å²) in [6.45, 7) is 4.68. The Balaban J connectivity index is 1.90. The molecule has 1 aromatic rings. The smallest absolute Gasteiger partial charge is 0.123 e. The summed E-state index contributed by atoms with van der Waals surface area (Å²) >= 11 is 0. The van der Waals surface area contributed by atoms with Crippen LogP contribution in [0.15, 0.2) is 30.3 Å². The van der Waals surface area contributed by atoms with E-state index in [2.05, 4.69) is 11.8 Å². The molecular formula is C15H20FNO2. The van der Waals surface area contributed by atoms with Crippen molar-refractivity contribution in [1.29, 1.82) is 0 Å². The highest BCUT2D eigenvalue weighted by atomic mass is 19.1. The summed E-state index contributed by atoms with van der Waals surface area (Å²) in [6.07, 6.45) is 3.59. The first kappa shape index (κ1) is 14.2. The van der Waals surface area contributed by atoms with Crippen molar-refractivity contribution in [2.45, 2.75) is 19.1 Å². The molecule has 104 valence electrons. The third-order valence-electron chi connectivity index (χ3n) is 3.42. The number of aliphatic hydroxyl groups is 1. The second-order valence-electron chi connectivity index (χ2n) is 4.71. The molecule has 1 aliphatic rings. The molecule has 0 saturated carbocycles. The fourth-order valence-electron chi connectivity index (χ4n) is 2.28. The van der Waals surface area contributed by atoms with E-state index in [1.165, 1.54) is 12.1 Å². The van der Waals surface area contributed by atoms with Gasteiger partial charge >= 0.3 is 0 Å². The van der Waals surface area contributed by atoms with Crippen molar-refractivity contribution < 1.29 is 14.2 Å². The van der Waals surface area contributed by atoms with Crippen LogP contribution in [0.25, 0.3) is 6.08 Å². The van der Waals surface area contributed by atoms with Crippen LogP contribution in [0.5, 0.6) is 0 Å². The first-order valence-corrected chi connectivity index (χ1v) is 6.62. The fraction of sp³-hybridized carbons (Fsp3) is 0.467. The van der Waals surface area contributed by atoms with Gasteiger partial charge in [0.1, 0.15) is 5.82 Å². The van der Waals surface area contributed by atoms with Gasteiger partial charge in [0.15, 0.2) is 0 Å². The average Bonchev–Trinajstić information content (AvgIpc) is 2.83. The first-order valence-electron chi connectivity index (χ1n) is 6.62. The lowest BCUT2D eigenvalue weighted by Gasteiger charge is -2.27. The summed E-state index contributed by atoms with van der Waals surface area (Å²) in [7, 11) is 0. The van der Waals surface area contributed by atoms with Crippen LogP contribution in [0, 0.1) is 5.82 Å². The first-order chi connectivity index (χ1) is 9.20. The molecule has 0 bridgehead atoms. The van der Waals surface area contributed by atoms with E-state index < -0.39 is 6.10 Å². The zero-order valence-electron chi connectivity index (χ0n) is 11.1. The van der Waals surface area contributed by atoms with Crippen LogP contribution < -0.4 is 0 Å². The Morgan fingerprint density at radius 2 is 2.11 bits per heavy atom. The van der Waals surface area contributed by atoms with Crippen LogP contribution >= 0.6 is 0 Å². The zero-order chi connectivity index (χ0) is 13.7. The highest BCUT2D eigenvalue weighted by molar-refractivity contribution is 5.48. The molecular weight excluding hydrogens is 245 g/mol. The van der Waals surface area contributed by atoms with E-state index in [9.17, 15) is 9.50 Å². The van der Waals surface area contributed by atoms with Crippen LogP contribution in [0.2, 0.25) is 0 Å². The van der Waals surface area contributed by atoms with Gasteiger partial charge in [0, 0.05) is 6.54 Å². The number of likely N-dealkylation sites (N-methyl/N-ethyl adjacent to an activating group) is 1. The number of hydrogen-bond acceptors (Lipinski definition) is 3. The van der Waals surface area contributed by atoms with Crippen LogP contribution in [0.1, 0.15) is 12.5 Å². The van der Waals surface area contributed by atoms with Gasteiger partial charge in [-0.2, -0.15) is 0 Å². The maximum Gasteiger partial charge on any atom is 0.123 e. The molecule has 1 N–H and O–H groups in total. The van der Waals surface area contributed by atoms with E-state index in [-0.39, 0.29) is 11.9 Å². The van der Waals surface area contributed by atoms with E-state index >= 15 is 0 Å². The highest BCUT2D eigenvalue weighted by Gasteiger charge is 2.30. The normalized spacial score (nSPS) is 23.6. The number of rotatable bonds is 5. The molecule has 2 rings (SSSR count). The fourth-order valence-corrected chi connectivity index (χ4v) is 2.28. The zero-order valence-corrected chi connectivity index (χ0v) is 11.1. The van der Waals surface area contributed by atoms with Gasteiger partial charge in [-0.25, -0.2) is 4.39 Å². The molecule has 1 heterocycles. The average molecular weight is 265 g/mol. The van der Waals surface area contributed by atoms with E-state index in [1.54, 1.807) is 12.1 Å². The van der Waals surface area contributed by atoms with Gasteiger partial charge in [-0.3, -0.25) is 4.90 Å². The number of benzene rings is 1. The molecule has 19 heavy (non-hydrogen) atoms. The molecule has 1 fully saturated rings. The lowest BCUT2D eigenvalue weighted by molar-refractivity contribution is 0.0912. The minimum atomic E-state index is -0.404. The number of hydrogen-bond donors (Lipinski definition) is 1. The van der Waals surface area contributed by atoms with Crippen molar-refractivity contribution in [1.82, 2.24) is 4.90 Å². The van der Waals surface area contributed by atoms with Crippen molar-refractivity contribution in [2.24, 2.45) is 0 Å². The Morgan fingerprint density at radius 1 is 1.37 bits per heavy atom. The summed E-state index contributed by atoms with van der Waals surface area (Å²) in [6, 6.07) is 6.46. The van der Waals surface area contributed by atoms with Gasteiger partial charge in [0.05, 0.1) is 25.4 Å². The lowest BCUT2D eigenvalue weighted by atomic mass is 10.1. The molecule has 0 aromatic heterocycles. The van der Waals surface area contributed by atoms with Crippen molar-refractivity contribution in [3.63, 3.8) is 0 Å². The summed E-state index contributed by atoms with van der Waals surface area (Å²) in [5.74, 6) is -0.224. The quantitative estimate of drug-likeness (QED) is 0.883. The van der Waals surface area contributed by atoms with Crippen molar-refractivity contribution in [3.05, 3.63) is 41.7 Å². The monoisotopic (exact) mass is 265 g/mol. The third kappa shape index (κ3) is 3.86. The van der Waals surface area contributed by atoms with Crippen molar-refractivity contribution in [2.75, 3.05) is 26.3 Å². The van der Waals surface area contributed by atoms with Crippen molar-refractivity contribution >= 4 is 6.08 Å². The van der Waals surface area contributed by atoms with Gasteiger partial charge in [-0.05, 0) is 24.2 Å². The predicted molar refractivity (Wildman–Crippen MR) is 73.3 cm³/mol. The molecule has 1 aliphatic heterocycles. The Labute approximate surface area is 113 Å². The maximum atomic E-state index is 12.8. The number of aliphatic hydroxyl groups excluding tert-OH is 1. The molecule has 1 saturated heterocycles. The van der Waals surface area contributed by atoms with Crippen LogP contribution in [0.4, 0.5) is 4.39 Å². The second kappa shape index (κ2) is 6.80. The van der Waals surface area contributed by atoms with Gasteiger partial charge in [-0.1, -0.05) is 31.2 Å². The Morgan fingerprint density at radius 3 is 2.68 bits per heavy atom. The molecule has 3 nitrogen and oxygen atoms in total. The molecule has 2 atom stereocenters. The summed E-state index contributed by atoms with van der Waals surface area (Å²) in [5, 5.41) is 9.80. The van der Waals surface area contributed by atoms with Gasteiger partial charge < -0.3 is 9.84 Å². The van der Waals surface area contributed by atoms with Gasteiger partial charge in [0.25, 0.3) is 0 Å². The van der Waals surface area contributed by atoms with Crippen LogP contribution in [0.3, 0.4) is 0 Å². The molecule has 0 unspecified atom stereocenters. The lowest BCUT2D eigenvalue weighted by Crippen LogP contribution is -2.42. The van der Waals surface area contributed by atoms with E-state index in [1.807, 2.05) is 12.2 Å². The van der Waals surface area contributed by atoms with Crippen LogP contribution in [-0.4, -0.2) is 48.5 Å². The van der Waals surface area contributed by atoms with Gasteiger partial charge in [-0.15, -0.1) is 0 Å². The SMILES string of the molecule is CCN(CC=Cc1ccc(F)cc1)[C@H]1COC[C@@H]1O. The molecule has 1 aromatic carbocycles. The Bertz CT molecular complexity index is 419. The summed E-state index contributed by atoms with van der Waals surface area (Å²) in [4.78, 5) is 2.18. The second-order valence-corrected chi connectivity index (χ2v) is 4.71. The molecule has 0 spiro atoms. The maximum absolute atomic E-state index is 12.8. The number of ether oxygens (including phenoxy) is 1. The Hall–Kier alpha value is -1.23. The molecule has 0 radical (unpaired) electrons. The Kier molecular flexibility index (Phi) is 5.07. The summed E-state index contributed by atoms with van der Waals surface area (Å²) in [5.41, 5.74) is 0.973. The van der Waals surface area contributed by atoms with Crippen LogP contribution in [-0.2, 0) is 4.74 Å². The standard InChI is InChI=1S/C15H20FNO2/c1-2-17(14-10-19-11-15(14)18)9-3-4-12-5-7-13(16)8-6-12/h3-8,14-15,18H,2,9-11H2,1H3/t14-,15-/m0/s1. The largest absolute Gasteiger partial charge is 0.389 e. The van der Waals surface area contributed by atoms with E-state index in [0.29, 0.717) is 13.2 Å². The molecule has 0 aliphatic carbocycles. The predicted octanol–water partition coefficient (Wildman–Crippen LogP) is 1.92. The summed E-state index contributed by atoms with van der Waals surface area (Å²) < 4.78 is 18.0. The number of nitrogens with zero attached hydrogens (tertiary/aromatic N) is 1. The van der Waals surface area contributed by atoms with E-state index in [4.69, 9.17) is 4.74 Å². The minimum absolute atomic E-state index is 0.0721. The topological polar surface area (TPSA) is 32.7 Å². The van der Waals surface area contributed by atoms with E-state index in [0.717, 1.165) is 18.7 Å². The van der Waals surface area contributed by atoms with Crippen molar-refractivity contribution in [3.8, 4) is 0 Å². The minimum Gasteiger partial charge on any atom is -0.389 e. The number of halogens is 1.